The van der Waals surface area contributed by atoms with Gasteiger partial charge in [0.2, 0.25) is 0 Å². The van der Waals surface area contributed by atoms with E-state index < -0.39 is 0 Å². The largest absolute Gasteiger partial charge is 0.380 e. The number of carbonyl (C=O) groups excluding carboxylic acids is 1. The van der Waals surface area contributed by atoms with E-state index in [9.17, 15) is 4.79 Å². The summed E-state index contributed by atoms with van der Waals surface area (Å²) in [5.74, 6) is 0.189. The van der Waals surface area contributed by atoms with Crippen molar-refractivity contribution in [1.29, 1.82) is 0 Å². The Bertz CT molecular complexity index is 583. The summed E-state index contributed by atoms with van der Waals surface area (Å²) in [6.45, 7) is 4.33. The summed E-state index contributed by atoms with van der Waals surface area (Å²) in [4.78, 5) is 11.9. The van der Waals surface area contributed by atoms with E-state index in [-0.39, 0.29) is 5.78 Å². The minimum atomic E-state index is 0.189. The Hall–Kier alpha value is -1.97. The zero-order valence-electron chi connectivity index (χ0n) is 14.4. The molecule has 0 radical (unpaired) electrons. The number of Topliss-reactive ketones (excluding diaryl/α,β-unsaturated/α-hetero) is 1. The Balaban J connectivity index is 1.49. The van der Waals surface area contributed by atoms with Crippen molar-refractivity contribution in [3.8, 4) is 0 Å². The van der Waals surface area contributed by atoms with Crippen LogP contribution < -0.4 is 5.32 Å². The van der Waals surface area contributed by atoms with Crippen molar-refractivity contribution in [3.05, 3.63) is 71.8 Å². The lowest BCUT2D eigenvalue weighted by Crippen LogP contribution is -2.31. The summed E-state index contributed by atoms with van der Waals surface area (Å²) in [7, 11) is 0. The van der Waals surface area contributed by atoms with Gasteiger partial charge in [-0.15, -0.1) is 0 Å². The van der Waals surface area contributed by atoms with Crippen molar-refractivity contribution < 1.29 is 9.53 Å². The lowest BCUT2D eigenvalue weighted by atomic mass is 10.1. The number of ketones is 1. The number of nitrogens with one attached hydrogen (secondary N) is 1. The van der Waals surface area contributed by atoms with Gasteiger partial charge in [-0.05, 0) is 25.3 Å². The SMILES string of the molecule is CC(Cc1ccccc1)NCCOCCCC(=O)c1ccccc1. The van der Waals surface area contributed by atoms with Crippen molar-refractivity contribution in [3.63, 3.8) is 0 Å². The maximum Gasteiger partial charge on any atom is 0.162 e. The van der Waals surface area contributed by atoms with Crippen LogP contribution in [0.4, 0.5) is 0 Å². The monoisotopic (exact) mass is 325 g/mol. The van der Waals surface area contributed by atoms with Crippen LogP contribution >= 0.6 is 0 Å². The summed E-state index contributed by atoms with van der Waals surface area (Å²) in [6, 6.07) is 20.3. The molecule has 1 unspecified atom stereocenters. The van der Waals surface area contributed by atoms with Crippen molar-refractivity contribution in [1.82, 2.24) is 5.32 Å². The van der Waals surface area contributed by atoms with Crippen LogP contribution in [-0.2, 0) is 11.2 Å². The third-order valence-electron chi connectivity index (χ3n) is 3.91. The summed E-state index contributed by atoms with van der Waals surface area (Å²) in [6.07, 6.45) is 2.33. The van der Waals surface area contributed by atoms with Gasteiger partial charge < -0.3 is 10.1 Å². The molecule has 1 atom stereocenters. The minimum absolute atomic E-state index is 0.189. The number of hydrogen-bond acceptors (Lipinski definition) is 3. The van der Waals surface area contributed by atoms with Crippen LogP contribution in [0.25, 0.3) is 0 Å². The highest BCUT2D eigenvalue weighted by molar-refractivity contribution is 5.95. The average molecular weight is 325 g/mol. The Morgan fingerprint density at radius 3 is 2.38 bits per heavy atom. The van der Waals surface area contributed by atoms with Crippen LogP contribution in [0.1, 0.15) is 35.7 Å². The van der Waals surface area contributed by atoms with Crippen LogP contribution in [-0.4, -0.2) is 31.6 Å². The Morgan fingerprint density at radius 2 is 1.67 bits per heavy atom. The third-order valence-corrected chi connectivity index (χ3v) is 3.91. The molecule has 0 bridgehead atoms. The molecule has 2 rings (SSSR count). The smallest absolute Gasteiger partial charge is 0.162 e. The quantitative estimate of drug-likeness (QED) is 0.503. The normalized spacial score (nSPS) is 12.0. The highest BCUT2D eigenvalue weighted by Gasteiger charge is 2.05. The lowest BCUT2D eigenvalue weighted by molar-refractivity contribution is 0.0938. The van der Waals surface area contributed by atoms with Gasteiger partial charge in [0.1, 0.15) is 0 Å². The first-order valence-corrected chi connectivity index (χ1v) is 8.69. The molecule has 0 heterocycles. The predicted octanol–water partition coefficient (Wildman–Crippen LogP) is 3.89. The molecule has 0 aliphatic carbocycles. The fourth-order valence-corrected chi connectivity index (χ4v) is 2.62. The van der Waals surface area contributed by atoms with E-state index in [2.05, 4.69) is 36.5 Å². The molecule has 0 saturated heterocycles. The second-order valence-electron chi connectivity index (χ2n) is 6.05. The minimum Gasteiger partial charge on any atom is -0.380 e. The summed E-state index contributed by atoms with van der Waals surface area (Å²) < 4.78 is 5.61. The molecule has 0 aromatic heterocycles. The number of carbonyl (C=O) groups is 1. The van der Waals surface area contributed by atoms with Crippen molar-refractivity contribution in [2.45, 2.75) is 32.2 Å². The second kappa shape index (κ2) is 10.7. The lowest BCUT2D eigenvalue weighted by Gasteiger charge is -2.14. The Kier molecular flexibility index (Phi) is 8.22. The molecule has 24 heavy (non-hydrogen) atoms. The van der Waals surface area contributed by atoms with Gasteiger partial charge >= 0.3 is 0 Å². The molecule has 0 spiro atoms. The summed E-state index contributed by atoms with van der Waals surface area (Å²) >= 11 is 0. The van der Waals surface area contributed by atoms with Gasteiger partial charge in [0, 0.05) is 31.2 Å². The first kappa shape index (κ1) is 18.4. The van der Waals surface area contributed by atoms with E-state index in [4.69, 9.17) is 4.74 Å². The molecule has 3 nitrogen and oxygen atoms in total. The van der Waals surface area contributed by atoms with Gasteiger partial charge in [0.15, 0.2) is 5.78 Å². The van der Waals surface area contributed by atoms with E-state index in [1.807, 2.05) is 36.4 Å². The fourth-order valence-electron chi connectivity index (χ4n) is 2.62. The number of ether oxygens (including phenoxy) is 1. The molecule has 128 valence electrons. The van der Waals surface area contributed by atoms with E-state index in [0.717, 1.165) is 24.9 Å². The molecule has 2 aromatic carbocycles. The van der Waals surface area contributed by atoms with Gasteiger partial charge in [-0.3, -0.25) is 4.79 Å². The van der Waals surface area contributed by atoms with Crippen LogP contribution in [0.3, 0.4) is 0 Å². The molecule has 0 amide bonds. The molecule has 3 heteroatoms. The van der Waals surface area contributed by atoms with E-state index >= 15 is 0 Å². The molecule has 2 aromatic rings. The highest BCUT2D eigenvalue weighted by Crippen LogP contribution is 2.05. The predicted molar refractivity (Wildman–Crippen MR) is 98.4 cm³/mol. The molecule has 1 N–H and O–H groups in total. The van der Waals surface area contributed by atoms with E-state index in [0.29, 0.717) is 25.7 Å². The van der Waals surface area contributed by atoms with E-state index in [1.165, 1.54) is 5.56 Å². The van der Waals surface area contributed by atoms with Crippen molar-refractivity contribution in [2.75, 3.05) is 19.8 Å². The Morgan fingerprint density at radius 1 is 1.00 bits per heavy atom. The maximum absolute atomic E-state index is 11.9. The topological polar surface area (TPSA) is 38.3 Å². The zero-order valence-corrected chi connectivity index (χ0v) is 14.4. The number of hydrogen-bond donors (Lipinski definition) is 1. The van der Waals surface area contributed by atoms with E-state index in [1.54, 1.807) is 0 Å². The zero-order chi connectivity index (χ0) is 17.0. The van der Waals surface area contributed by atoms with Gasteiger partial charge in [0.05, 0.1) is 6.61 Å². The average Bonchev–Trinajstić information content (AvgIpc) is 2.62. The van der Waals surface area contributed by atoms with Gasteiger partial charge in [-0.25, -0.2) is 0 Å². The van der Waals surface area contributed by atoms with Crippen LogP contribution in [0, 0.1) is 0 Å². The third kappa shape index (κ3) is 7.07. The Labute approximate surface area is 145 Å². The van der Waals surface area contributed by atoms with Crippen LogP contribution in [0.5, 0.6) is 0 Å². The van der Waals surface area contributed by atoms with Gasteiger partial charge in [-0.2, -0.15) is 0 Å². The van der Waals surface area contributed by atoms with Gasteiger partial charge in [-0.1, -0.05) is 60.7 Å². The van der Waals surface area contributed by atoms with Crippen molar-refractivity contribution >= 4 is 5.78 Å². The first-order valence-electron chi connectivity index (χ1n) is 8.69. The highest BCUT2D eigenvalue weighted by atomic mass is 16.5. The van der Waals surface area contributed by atoms with Crippen LogP contribution in [0.2, 0.25) is 0 Å². The molecular weight excluding hydrogens is 298 g/mol. The molecule has 0 aliphatic heterocycles. The van der Waals surface area contributed by atoms with Gasteiger partial charge in [0.25, 0.3) is 0 Å². The summed E-state index contributed by atoms with van der Waals surface area (Å²) in [5, 5.41) is 3.46. The summed E-state index contributed by atoms with van der Waals surface area (Å²) in [5.41, 5.74) is 2.13. The van der Waals surface area contributed by atoms with Crippen LogP contribution in [0.15, 0.2) is 60.7 Å². The standard InChI is InChI=1S/C21H27NO2/c1-18(17-19-9-4-2-5-10-19)22-14-16-24-15-8-13-21(23)20-11-6-3-7-12-20/h2-7,9-12,18,22H,8,13-17H2,1H3. The number of rotatable bonds is 11. The fraction of sp³-hybridized carbons (Fsp3) is 0.381. The maximum atomic E-state index is 11.9. The first-order chi connectivity index (χ1) is 11.8. The molecule has 0 fully saturated rings. The van der Waals surface area contributed by atoms with Crippen molar-refractivity contribution in [2.24, 2.45) is 0 Å². The number of benzene rings is 2. The molecular formula is C21H27NO2. The molecule has 0 saturated carbocycles. The molecule has 0 aliphatic rings. The second-order valence-corrected chi connectivity index (χ2v) is 6.05.